The van der Waals surface area contributed by atoms with Crippen LogP contribution in [-0.2, 0) is 9.05 Å². The van der Waals surface area contributed by atoms with Gasteiger partial charge in [0, 0.05) is 0 Å². The minimum absolute atomic E-state index is 0.476. The Morgan fingerprint density at radius 1 is 0.275 bits per heavy atom. The number of carboxylic acids is 2. The zero-order chi connectivity index (χ0) is 56.7. The normalized spacial score (nSPS) is 12.2. The Bertz CT molecular complexity index is 3230. The van der Waals surface area contributed by atoms with E-state index < -0.39 is 59.8 Å². The van der Waals surface area contributed by atoms with Crippen molar-refractivity contribution in [3.8, 4) is 34.5 Å². The molecule has 0 amide bonds. The summed E-state index contributed by atoms with van der Waals surface area (Å²) >= 11 is 0. The van der Waals surface area contributed by atoms with Crippen LogP contribution in [0.3, 0.4) is 0 Å². The van der Waals surface area contributed by atoms with Crippen LogP contribution in [0.2, 0.25) is 0 Å². The van der Waals surface area contributed by atoms with Gasteiger partial charge in [-0.2, -0.15) is 0 Å². The van der Waals surface area contributed by atoms with Crippen molar-refractivity contribution in [3.05, 3.63) is 241 Å². The van der Waals surface area contributed by atoms with Gasteiger partial charge in [0.1, 0.15) is 0 Å². The van der Waals surface area contributed by atoms with Crippen LogP contribution in [0.1, 0.15) is 41.4 Å². The third-order valence-corrected chi connectivity index (χ3v) is 25.8. The predicted molar refractivity (Wildman–Crippen MR) is 313 cm³/mol. The fourth-order valence-electron chi connectivity index (χ4n) is 10.6. The molecule has 9 aromatic carbocycles. The minimum atomic E-state index is -5.12. The molecule has 0 fully saturated rings. The van der Waals surface area contributed by atoms with Crippen LogP contribution in [0.5, 0.6) is 34.5 Å². The van der Waals surface area contributed by atoms with E-state index >= 15 is 9.59 Å². The second-order valence-corrected chi connectivity index (χ2v) is 26.9. The van der Waals surface area contributed by atoms with Crippen LogP contribution in [0.25, 0.3) is 0 Å². The zero-order valence-corrected chi connectivity index (χ0v) is 46.3. The summed E-state index contributed by atoms with van der Waals surface area (Å²) in [6, 6.07) is 62.0. The fourth-order valence-corrected chi connectivity index (χ4v) is 21.6. The van der Waals surface area contributed by atoms with Gasteiger partial charge in [-0.05, 0) is 0 Å². The van der Waals surface area contributed by atoms with Crippen LogP contribution < -0.4 is 70.9 Å². The SMILES string of the molecule is COc1ccc(P(OC(=O)c2cc(C(=O)OP(c3ccccc3)(c3ccc(OC)cc3)(c3ccc(OC)cc3)c3ccc(OC)cc3)c(C(=O)O)cc2C(=O)O)(c2ccccc2)(c2ccc(OC)cc2)c2ccc(OC)cc2)cc1. The van der Waals surface area contributed by atoms with Crippen molar-refractivity contribution in [2.75, 3.05) is 42.7 Å². The van der Waals surface area contributed by atoms with E-state index in [1.807, 2.05) is 36.4 Å². The first kappa shape index (κ1) is 55.3. The van der Waals surface area contributed by atoms with Crippen LogP contribution in [0, 0.1) is 0 Å². The Balaban J connectivity index is 1.38. The van der Waals surface area contributed by atoms with Crippen LogP contribution in [0.15, 0.2) is 218 Å². The monoisotopic (exact) mass is 1110 g/mol. The van der Waals surface area contributed by atoms with E-state index in [0.717, 1.165) is 12.1 Å². The average molecular weight is 1110 g/mol. The average Bonchev–Trinajstić information content (AvgIpc) is 2.84. The predicted octanol–water partition coefficient (Wildman–Crippen LogP) is 8.99. The van der Waals surface area contributed by atoms with Crippen molar-refractivity contribution < 1.29 is 66.9 Å². The molecule has 0 aromatic heterocycles. The van der Waals surface area contributed by atoms with Gasteiger partial charge in [-0.1, -0.05) is 0 Å². The molecular weight excluding hydrogens is 1050 g/mol. The molecule has 0 aliphatic heterocycles. The topological polar surface area (TPSA) is 183 Å². The van der Waals surface area contributed by atoms with Gasteiger partial charge in [0.2, 0.25) is 0 Å². The van der Waals surface area contributed by atoms with Crippen molar-refractivity contribution in [3.63, 3.8) is 0 Å². The molecule has 14 nitrogen and oxygen atoms in total. The third-order valence-electron chi connectivity index (χ3n) is 14.5. The van der Waals surface area contributed by atoms with Gasteiger partial charge in [0.15, 0.2) is 0 Å². The molecule has 0 atom stereocenters. The van der Waals surface area contributed by atoms with E-state index in [-0.39, 0.29) is 0 Å². The number of hydrogen-bond acceptors (Lipinski definition) is 12. The van der Waals surface area contributed by atoms with Gasteiger partial charge in [-0.3, -0.25) is 0 Å². The Labute approximate surface area is 462 Å². The summed E-state index contributed by atoms with van der Waals surface area (Å²) in [4.78, 5) is 60.0. The zero-order valence-electron chi connectivity index (χ0n) is 44.5. The molecule has 0 aliphatic rings. The third kappa shape index (κ3) is 8.98. The van der Waals surface area contributed by atoms with Crippen molar-refractivity contribution >= 4 is 80.0 Å². The van der Waals surface area contributed by atoms with E-state index in [2.05, 4.69) is 0 Å². The maximum atomic E-state index is 16.3. The van der Waals surface area contributed by atoms with Crippen molar-refractivity contribution in [1.29, 1.82) is 0 Å². The summed E-state index contributed by atoms with van der Waals surface area (Å²) in [7, 11) is 9.14. The number of carbonyl (C=O) groups excluding carboxylic acids is 2. The number of hydrogen-bond donors (Lipinski definition) is 2. The number of aromatic carboxylic acids is 2. The molecule has 0 heterocycles. The first-order valence-electron chi connectivity index (χ1n) is 24.9. The summed E-state index contributed by atoms with van der Waals surface area (Å²) in [6.07, 6.45) is 0. The molecule has 2 N–H and O–H groups in total. The number of carbonyl (C=O) groups is 4. The molecular formula is C64H56O14P2. The molecule has 406 valence electrons. The number of carboxylic acid groups (broad SMARTS) is 2. The molecule has 80 heavy (non-hydrogen) atoms. The second kappa shape index (κ2) is 22.5. The maximum absolute atomic E-state index is 16.3. The van der Waals surface area contributed by atoms with Gasteiger partial charge < -0.3 is 0 Å². The molecule has 0 unspecified atom stereocenters. The molecule has 0 spiro atoms. The first-order chi connectivity index (χ1) is 38.7. The van der Waals surface area contributed by atoms with Gasteiger partial charge in [-0.25, -0.2) is 0 Å². The molecule has 0 saturated carbocycles. The fraction of sp³-hybridized carbons (Fsp3) is 0.0938. The quantitative estimate of drug-likeness (QED) is 0.0690. The first-order valence-corrected chi connectivity index (χ1v) is 29.2. The van der Waals surface area contributed by atoms with E-state index in [1.54, 1.807) is 170 Å². The number of rotatable bonds is 20. The summed E-state index contributed by atoms with van der Waals surface area (Å²) < 4.78 is 48.7. The number of methoxy groups -OCH3 is 6. The number of benzene rings is 9. The number of ether oxygens (including phenoxy) is 6. The van der Waals surface area contributed by atoms with Crippen molar-refractivity contribution in [2.45, 2.75) is 0 Å². The summed E-state index contributed by atoms with van der Waals surface area (Å²) in [6.45, 7) is -10.2. The molecule has 0 radical (unpaired) electrons. The Morgan fingerprint density at radius 3 is 0.650 bits per heavy atom. The van der Waals surface area contributed by atoms with Crippen molar-refractivity contribution in [1.82, 2.24) is 0 Å². The summed E-state index contributed by atoms with van der Waals surface area (Å²) in [5.74, 6) is -2.89. The molecule has 0 aliphatic carbocycles. The molecule has 0 bridgehead atoms. The summed E-state index contributed by atoms with van der Waals surface area (Å²) in [5.41, 5.74) is -2.86. The molecule has 0 saturated heterocycles. The van der Waals surface area contributed by atoms with E-state index in [9.17, 15) is 19.8 Å². The molecule has 16 heteroatoms. The van der Waals surface area contributed by atoms with Crippen LogP contribution >= 0.6 is 13.7 Å². The molecule has 9 aromatic rings. The van der Waals surface area contributed by atoms with Crippen LogP contribution in [0.4, 0.5) is 0 Å². The van der Waals surface area contributed by atoms with E-state index in [0.29, 0.717) is 76.9 Å². The Kier molecular flexibility index (Phi) is 15.5. The Hall–Kier alpha value is -9.48. The van der Waals surface area contributed by atoms with Gasteiger partial charge in [0.05, 0.1) is 0 Å². The standard InChI is InChI=1S/C64H56O14P2/c1-71-43-17-29-51(30-18-43)79(49-13-9-7-10-14-49,52-31-19-44(72-2)20-32-52,53-33-21-45(73-3)22-34-53)77-63(69)59-42-60(58(62(67)68)41-57(59)61(65)66)64(70)78-80(50-15-11-8-12-16-50,54-35-23-46(74-4)24-36-54,55-37-25-47(75-5)26-38-55)56-39-27-48(76-6)28-40-56/h7-42H,1-6H3,(H,65,66)(H,67,68). The van der Waals surface area contributed by atoms with Crippen molar-refractivity contribution in [2.24, 2.45) is 0 Å². The van der Waals surface area contributed by atoms with E-state index in [1.165, 1.54) is 42.7 Å². The van der Waals surface area contributed by atoms with Gasteiger partial charge in [0.25, 0.3) is 0 Å². The van der Waals surface area contributed by atoms with Gasteiger partial charge in [-0.15, -0.1) is 0 Å². The Morgan fingerprint density at radius 2 is 0.463 bits per heavy atom. The van der Waals surface area contributed by atoms with Gasteiger partial charge >= 0.3 is 465 Å². The molecule has 9 rings (SSSR count). The second-order valence-electron chi connectivity index (χ2n) is 18.2. The van der Waals surface area contributed by atoms with Crippen LogP contribution in [-0.4, -0.2) is 76.7 Å². The summed E-state index contributed by atoms with van der Waals surface area (Å²) in [5, 5.41) is 26.1. The van der Waals surface area contributed by atoms with E-state index in [4.69, 9.17) is 37.5 Å².